The Morgan fingerprint density at radius 2 is 2.11 bits per heavy atom. The third-order valence-corrected chi connectivity index (χ3v) is 3.46. The van der Waals surface area contributed by atoms with Crippen LogP contribution in [0.3, 0.4) is 0 Å². The topological polar surface area (TPSA) is 50.1 Å². The fourth-order valence-corrected chi connectivity index (χ4v) is 2.21. The van der Waals surface area contributed by atoms with Crippen molar-refractivity contribution in [1.29, 1.82) is 0 Å². The maximum Gasteiger partial charge on any atom is 0.0687 e. The van der Waals surface area contributed by atoms with E-state index in [2.05, 4.69) is 24.3 Å². The molecule has 2 N–H and O–H groups in total. The normalized spacial score (nSPS) is 15.0. The summed E-state index contributed by atoms with van der Waals surface area (Å²) < 4.78 is 2.03. The molecule has 1 aromatic heterocycles. The molecular weight excluding hydrogens is 226 g/mol. The number of rotatable bonds is 8. The fourth-order valence-electron chi connectivity index (χ4n) is 2.21. The molecule has 0 amide bonds. The molecule has 0 aromatic carbocycles. The largest absolute Gasteiger partial charge is 0.390 e. The van der Waals surface area contributed by atoms with E-state index in [4.69, 9.17) is 0 Å². The van der Waals surface area contributed by atoms with Crippen LogP contribution in [-0.4, -0.2) is 34.1 Å². The van der Waals surface area contributed by atoms with Crippen LogP contribution in [0.1, 0.15) is 51.8 Å². The maximum absolute atomic E-state index is 10.3. The minimum Gasteiger partial charge on any atom is -0.390 e. The van der Waals surface area contributed by atoms with Gasteiger partial charge in [-0.3, -0.25) is 4.68 Å². The Hall–Kier alpha value is -0.870. The van der Waals surface area contributed by atoms with Gasteiger partial charge in [0.15, 0.2) is 0 Å². The molecule has 0 radical (unpaired) electrons. The Bertz CT molecular complexity index is 343. The van der Waals surface area contributed by atoms with Crippen LogP contribution in [0.4, 0.5) is 0 Å². The first kappa shape index (κ1) is 15.2. The second kappa shape index (κ2) is 6.90. The van der Waals surface area contributed by atoms with Gasteiger partial charge in [-0.05, 0) is 45.8 Å². The Morgan fingerprint density at radius 3 is 2.67 bits per heavy atom. The van der Waals surface area contributed by atoms with E-state index < -0.39 is 5.60 Å². The number of nitrogens with one attached hydrogen (secondary N) is 1. The van der Waals surface area contributed by atoms with Crippen molar-refractivity contribution in [2.45, 2.75) is 58.1 Å². The summed E-state index contributed by atoms with van der Waals surface area (Å²) in [4.78, 5) is 0. The zero-order chi connectivity index (χ0) is 13.6. The highest BCUT2D eigenvalue weighted by atomic mass is 16.3. The highest BCUT2D eigenvalue weighted by Gasteiger charge is 2.22. The predicted octanol–water partition coefficient (Wildman–Crippen LogP) is 2.15. The molecule has 0 bridgehead atoms. The predicted molar refractivity (Wildman–Crippen MR) is 74.7 cm³/mol. The summed E-state index contributed by atoms with van der Waals surface area (Å²) in [7, 11) is 1.90. The third kappa shape index (κ3) is 4.42. The Labute approximate surface area is 110 Å². The summed E-state index contributed by atoms with van der Waals surface area (Å²) in [6, 6.07) is 2.49. The van der Waals surface area contributed by atoms with Gasteiger partial charge in [-0.25, -0.2) is 0 Å². The van der Waals surface area contributed by atoms with Crippen LogP contribution < -0.4 is 5.32 Å². The van der Waals surface area contributed by atoms with Crippen molar-refractivity contribution in [2.75, 3.05) is 13.6 Å². The van der Waals surface area contributed by atoms with E-state index >= 15 is 0 Å². The van der Waals surface area contributed by atoms with Crippen LogP contribution in [0.5, 0.6) is 0 Å². The molecule has 0 saturated heterocycles. The van der Waals surface area contributed by atoms with Gasteiger partial charge in [0.1, 0.15) is 0 Å². The molecule has 1 rings (SSSR count). The number of aromatic nitrogens is 2. The molecule has 4 heteroatoms. The lowest BCUT2D eigenvalue weighted by Crippen LogP contribution is -2.31. The van der Waals surface area contributed by atoms with Gasteiger partial charge in [0.2, 0.25) is 0 Å². The summed E-state index contributed by atoms with van der Waals surface area (Å²) >= 11 is 0. The van der Waals surface area contributed by atoms with Crippen LogP contribution in [0.25, 0.3) is 0 Å². The summed E-state index contributed by atoms with van der Waals surface area (Å²) in [6.45, 7) is 7.05. The average molecular weight is 253 g/mol. The molecule has 18 heavy (non-hydrogen) atoms. The van der Waals surface area contributed by atoms with Crippen LogP contribution in [0, 0.1) is 0 Å². The molecule has 0 aliphatic rings. The van der Waals surface area contributed by atoms with Crippen LogP contribution in [0.2, 0.25) is 0 Å². The van der Waals surface area contributed by atoms with E-state index in [-0.39, 0.29) is 0 Å². The van der Waals surface area contributed by atoms with Gasteiger partial charge >= 0.3 is 0 Å². The molecule has 0 aliphatic heterocycles. The van der Waals surface area contributed by atoms with E-state index in [1.54, 1.807) is 0 Å². The third-order valence-electron chi connectivity index (χ3n) is 3.46. The van der Waals surface area contributed by atoms with Crippen molar-refractivity contribution in [3.05, 3.63) is 18.0 Å². The van der Waals surface area contributed by atoms with E-state index in [9.17, 15) is 5.11 Å². The van der Waals surface area contributed by atoms with Gasteiger partial charge in [0.25, 0.3) is 0 Å². The number of aliphatic hydroxyl groups is 1. The summed E-state index contributed by atoms with van der Waals surface area (Å²) in [5.41, 5.74) is 0.291. The highest BCUT2D eigenvalue weighted by Crippen LogP contribution is 2.18. The number of nitrogens with zero attached hydrogens (tertiary/aromatic N) is 2. The molecule has 1 aromatic rings. The molecule has 1 heterocycles. The average Bonchev–Trinajstić information content (AvgIpc) is 2.76. The van der Waals surface area contributed by atoms with Gasteiger partial charge in [0.05, 0.1) is 17.3 Å². The van der Waals surface area contributed by atoms with Crippen LogP contribution >= 0.6 is 0 Å². The first-order chi connectivity index (χ1) is 8.52. The van der Waals surface area contributed by atoms with Gasteiger partial charge in [-0.2, -0.15) is 5.10 Å². The van der Waals surface area contributed by atoms with E-state index in [1.165, 1.54) is 0 Å². The molecule has 1 atom stereocenters. The van der Waals surface area contributed by atoms with Crippen molar-refractivity contribution in [2.24, 2.45) is 0 Å². The van der Waals surface area contributed by atoms with E-state index in [0.717, 1.165) is 31.5 Å². The van der Waals surface area contributed by atoms with E-state index in [0.29, 0.717) is 12.5 Å². The molecule has 104 valence electrons. The van der Waals surface area contributed by atoms with Gasteiger partial charge in [-0.1, -0.05) is 13.8 Å². The van der Waals surface area contributed by atoms with Crippen LogP contribution in [-0.2, 0) is 6.42 Å². The summed E-state index contributed by atoms with van der Waals surface area (Å²) in [5.74, 6) is 0. The zero-order valence-electron chi connectivity index (χ0n) is 12.1. The smallest absolute Gasteiger partial charge is 0.0687 e. The first-order valence-electron chi connectivity index (χ1n) is 6.93. The van der Waals surface area contributed by atoms with Gasteiger partial charge in [-0.15, -0.1) is 0 Å². The highest BCUT2D eigenvalue weighted by molar-refractivity contribution is 5.04. The van der Waals surface area contributed by atoms with Crippen molar-refractivity contribution < 1.29 is 5.11 Å². The molecule has 4 nitrogen and oxygen atoms in total. The molecular formula is C14H27N3O. The quantitative estimate of drug-likeness (QED) is 0.746. The van der Waals surface area contributed by atoms with Crippen LogP contribution in [0.15, 0.2) is 12.3 Å². The van der Waals surface area contributed by atoms with Crippen molar-refractivity contribution in [1.82, 2.24) is 15.1 Å². The minimum atomic E-state index is -0.684. The number of hydrogen-bond acceptors (Lipinski definition) is 3. The molecule has 1 unspecified atom stereocenters. The van der Waals surface area contributed by atoms with Crippen molar-refractivity contribution in [3.8, 4) is 0 Å². The maximum atomic E-state index is 10.3. The molecule has 0 saturated carbocycles. The van der Waals surface area contributed by atoms with E-state index in [1.807, 2.05) is 30.9 Å². The Balaban J connectivity index is 2.63. The second-order valence-electron chi connectivity index (χ2n) is 5.28. The van der Waals surface area contributed by atoms with Crippen molar-refractivity contribution >= 4 is 0 Å². The SMILES string of the molecule is CCC(CC)n1ccc(CC(C)(O)CCNC)n1. The second-order valence-corrected chi connectivity index (χ2v) is 5.28. The summed E-state index contributed by atoms with van der Waals surface area (Å²) in [6.07, 6.45) is 5.56. The lowest BCUT2D eigenvalue weighted by atomic mass is 9.96. The fraction of sp³-hybridized carbons (Fsp3) is 0.786. The van der Waals surface area contributed by atoms with Gasteiger partial charge in [0, 0.05) is 12.6 Å². The minimum absolute atomic E-state index is 0.473. The number of hydrogen-bond donors (Lipinski definition) is 2. The zero-order valence-corrected chi connectivity index (χ0v) is 12.1. The van der Waals surface area contributed by atoms with Gasteiger partial charge < -0.3 is 10.4 Å². The molecule has 0 fully saturated rings. The summed E-state index contributed by atoms with van der Waals surface area (Å²) in [5, 5.41) is 17.9. The Kier molecular flexibility index (Phi) is 5.82. The lowest BCUT2D eigenvalue weighted by molar-refractivity contribution is 0.0508. The monoisotopic (exact) mass is 253 g/mol. The first-order valence-corrected chi connectivity index (χ1v) is 6.93. The standard InChI is InChI=1S/C14H27N3O/c1-5-13(6-2)17-10-7-12(16-17)11-14(3,18)8-9-15-4/h7,10,13,15,18H,5-6,8-9,11H2,1-4H3. The molecule has 0 aliphatic carbocycles. The van der Waals surface area contributed by atoms with Crippen molar-refractivity contribution in [3.63, 3.8) is 0 Å². The lowest BCUT2D eigenvalue weighted by Gasteiger charge is -2.22. The molecule has 0 spiro atoms. The Morgan fingerprint density at radius 1 is 1.44 bits per heavy atom.